The number of allylic oxidation sites excluding steroid dienone is 1. The van der Waals surface area contributed by atoms with Crippen LogP contribution in [0.15, 0.2) is 36.9 Å². The van der Waals surface area contributed by atoms with Crippen LogP contribution in [0.4, 0.5) is 0 Å². The summed E-state index contributed by atoms with van der Waals surface area (Å²) in [5, 5.41) is 0. The Morgan fingerprint density at radius 1 is 1.31 bits per heavy atom. The Morgan fingerprint density at radius 3 is 2.46 bits per heavy atom. The molecule has 0 spiro atoms. The molecule has 0 N–H and O–H groups in total. The molecule has 1 nitrogen and oxygen atoms in total. The molecule has 0 saturated carbocycles. The van der Waals surface area contributed by atoms with E-state index in [1.807, 2.05) is 37.3 Å². The predicted octanol–water partition coefficient (Wildman–Crippen LogP) is 3.07. The Bertz CT molecular complexity index is 298. The molecule has 13 heavy (non-hydrogen) atoms. The summed E-state index contributed by atoms with van der Waals surface area (Å²) in [6.45, 7) is 5.79. The topological polar surface area (TPSA) is 17.1 Å². The number of carbonyl (C=O) groups is 1. The van der Waals surface area contributed by atoms with Gasteiger partial charge in [-0.2, -0.15) is 0 Å². The minimum absolute atomic E-state index is 0.147. The Kier molecular flexibility index (Phi) is 3.44. The lowest BCUT2D eigenvalue weighted by Crippen LogP contribution is -1.99. The van der Waals surface area contributed by atoms with Crippen LogP contribution in [-0.2, 0) is 4.79 Å². The van der Waals surface area contributed by atoms with Crippen LogP contribution >= 0.6 is 0 Å². The molecule has 0 aliphatic carbocycles. The molecule has 0 aromatic heterocycles. The van der Waals surface area contributed by atoms with Gasteiger partial charge in [-0.3, -0.25) is 4.79 Å². The molecule has 1 rings (SSSR count). The summed E-state index contributed by atoms with van der Waals surface area (Å²) in [5.74, 6) is 0.147. The molecular weight excluding hydrogens is 160 g/mol. The Hall–Kier alpha value is -1.37. The molecule has 1 aromatic carbocycles. The lowest BCUT2D eigenvalue weighted by Gasteiger charge is -2.02. The van der Waals surface area contributed by atoms with Crippen molar-refractivity contribution in [3.63, 3.8) is 0 Å². The van der Waals surface area contributed by atoms with E-state index in [4.69, 9.17) is 0 Å². The largest absolute Gasteiger partial charge is 0.294 e. The molecule has 0 saturated heterocycles. The van der Waals surface area contributed by atoms with E-state index in [0.717, 1.165) is 12.0 Å². The quantitative estimate of drug-likeness (QED) is 0.641. The fraction of sp³-hybridized carbons (Fsp3) is 0.250. The van der Waals surface area contributed by atoms with Crippen molar-refractivity contribution in [1.82, 2.24) is 0 Å². The third-order valence-electron chi connectivity index (χ3n) is 1.94. The van der Waals surface area contributed by atoms with Gasteiger partial charge in [0.05, 0.1) is 0 Å². The van der Waals surface area contributed by atoms with Crippen molar-refractivity contribution in [2.24, 2.45) is 0 Å². The first-order chi connectivity index (χ1) is 6.25. The zero-order chi connectivity index (χ0) is 9.68. The SMILES string of the molecule is C=C(C(=O)CCC)c1ccccc1. The van der Waals surface area contributed by atoms with Gasteiger partial charge in [-0.1, -0.05) is 43.8 Å². The Labute approximate surface area is 79.1 Å². The van der Waals surface area contributed by atoms with Crippen molar-refractivity contribution >= 4 is 11.4 Å². The summed E-state index contributed by atoms with van der Waals surface area (Å²) in [7, 11) is 0. The number of ketones is 1. The van der Waals surface area contributed by atoms with Crippen molar-refractivity contribution in [3.8, 4) is 0 Å². The fourth-order valence-corrected chi connectivity index (χ4v) is 1.18. The van der Waals surface area contributed by atoms with Crippen molar-refractivity contribution in [2.75, 3.05) is 0 Å². The number of hydrogen-bond acceptors (Lipinski definition) is 1. The predicted molar refractivity (Wildman–Crippen MR) is 55.4 cm³/mol. The van der Waals surface area contributed by atoms with E-state index in [-0.39, 0.29) is 5.78 Å². The summed E-state index contributed by atoms with van der Waals surface area (Å²) in [4.78, 5) is 11.4. The maximum absolute atomic E-state index is 11.4. The van der Waals surface area contributed by atoms with Crippen LogP contribution in [0.5, 0.6) is 0 Å². The number of hydrogen-bond donors (Lipinski definition) is 0. The van der Waals surface area contributed by atoms with Gasteiger partial charge in [-0.25, -0.2) is 0 Å². The van der Waals surface area contributed by atoms with Gasteiger partial charge in [0.15, 0.2) is 5.78 Å². The minimum atomic E-state index is 0.147. The second-order valence-corrected chi connectivity index (χ2v) is 3.02. The van der Waals surface area contributed by atoms with Crippen molar-refractivity contribution in [2.45, 2.75) is 19.8 Å². The van der Waals surface area contributed by atoms with Crippen molar-refractivity contribution in [3.05, 3.63) is 42.5 Å². The third kappa shape index (κ3) is 2.55. The van der Waals surface area contributed by atoms with Gasteiger partial charge in [0.1, 0.15) is 0 Å². The Balaban J connectivity index is 2.74. The normalized spacial score (nSPS) is 9.62. The highest BCUT2D eigenvalue weighted by Gasteiger charge is 2.06. The first kappa shape index (κ1) is 9.72. The molecule has 1 aromatic rings. The van der Waals surface area contributed by atoms with Gasteiger partial charge in [0.25, 0.3) is 0 Å². The summed E-state index contributed by atoms with van der Waals surface area (Å²) in [5.41, 5.74) is 1.56. The zero-order valence-corrected chi connectivity index (χ0v) is 7.92. The highest BCUT2D eigenvalue weighted by Crippen LogP contribution is 2.14. The number of carbonyl (C=O) groups excluding carboxylic acids is 1. The van der Waals surface area contributed by atoms with Gasteiger partial charge in [-0.05, 0) is 12.0 Å². The van der Waals surface area contributed by atoms with Crippen LogP contribution in [0.1, 0.15) is 25.3 Å². The van der Waals surface area contributed by atoms with Gasteiger partial charge < -0.3 is 0 Å². The lowest BCUT2D eigenvalue weighted by atomic mass is 10.0. The molecule has 0 heterocycles. The van der Waals surface area contributed by atoms with Gasteiger partial charge in [-0.15, -0.1) is 0 Å². The molecule has 0 aliphatic rings. The van der Waals surface area contributed by atoms with Gasteiger partial charge in [0.2, 0.25) is 0 Å². The van der Waals surface area contributed by atoms with Crippen LogP contribution < -0.4 is 0 Å². The maximum Gasteiger partial charge on any atom is 0.162 e. The smallest absolute Gasteiger partial charge is 0.162 e. The van der Waals surface area contributed by atoms with Crippen LogP contribution in [0, 0.1) is 0 Å². The second kappa shape index (κ2) is 4.61. The van der Waals surface area contributed by atoms with Crippen LogP contribution in [0.25, 0.3) is 5.57 Å². The van der Waals surface area contributed by atoms with Gasteiger partial charge >= 0.3 is 0 Å². The molecule has 0 atom stereocenters. The highest BCUT2D eigenvalue weighted by atomic mass is 16.1. The van der Waals surface area contributed by atoms with E-state index >= 15 is 0 Å². The average Bonchev–Trinajstić information content (AvgIpc) is 2.18. The second-order valence-electron chi connectivity index (χ2n) is 3.02. The number of rotatable bonds is 4. The van der Waals surface area contributed by atoms with Gasteiger partial charge in [0, 0.05) is 12.0 Å². The van der Waals surface area contributed by atoms with E-state index in [1.165, 1.54) is 0 Å². The lowest BCUT2D eigenvalue weighted by molar-refractivity contribution is -0.113. The molecular formula is C12H14O. The van der Waals surface area contributed by atoms with E-state index in [9.17, 15) is 4.79 Å². The highest BCUT2D eigenvalue weighted by molar-refractivity contribution is 6.19. The molecule has 1 heteroatoms. The summed E-state index contributed by atoms with van der Waals surface area (Å²) < 4.78 is 0. The monoisotopic (exact) mass is 174 g/mol. The van der Waals surface area contributed by atoms with E-state index in [2.05, 4.69) is 6.58 Å². The minimum Gasteiger partial charge on any atom is -0.294 e. The molecule has 0 fully saturated rings. The standard InChI is InChI=1S/C12H14O/c1-3-7-12(13)10(2)11-8-5-4-6-9-11/h4-6,8-9H,2-3,7H2,1H3. The Morgan fingerprint density at radius 2 is 1.92 bits per heavy atom. The number of benzene rings is 1. The molecule has 0 radical (unpaired) electrons. The molecule has 0 amide bonds. The summed E-state index contributed by atoms with van der Waals surface area (Å²) in [6.07, 6.45) is 1.47. The zero-order valence-electron chi connectivity index (χ0n) is 7.92. The fourth-order valence-electron chi connectivity index (χ4n) is 1.18. The first-order valence-electron chi connectivity index (χ1n) is 4.53. The summed E-state index contributed by atoms with van der Waals surface area (Å²) in [6, 6.07) is 9.59. The molecule has 68 valence electrons. The molecule has 0 aliphatic heterocycles. The van der Waals surface area contributed by atoms with Crippen LogP contribution in [0.3, 0.4) is 0 Å². The first-order valence-corrected chi connectivity index (χ1v) is 4.53. The maximum atomic E-state index is 11.4. The summed E-state index contributed by atoms with van der Waals surface area (Å²) >= 11 is 0. The van der Waals surface area contributed by atoms with E-state index < -0.39 is 0 Å². The van der Waals surface area contributed by atoms with Crippen molar-refractivity contribution in [1.29, 1.82) is 0 Å². The van der Waals surface area contributed by atoms with E-state index in [1.54, 1.807) is 0 Å². The van der Waals surface area contributed by atoms with Crippen LogP contribution in [0.2, 0.25) is 0 Å². The van der Waals surface area contributed by atoms with Crippen molar-refractivity contribution < 1.29 is 4.79 Å². The molecule has 0 unspecified atom stereocenters. The molecule has 0 bridgehead atoms. The average molecular weight is 174 g/mol. The number of Topliss-reactive ketones (excluding diaryl/α,β-unsaturated/α-hetero) is 1. The van der Waals surface area contributed by atoms with Crippen LogP contribution in [-0.4, -0.2) is 5.78 Å². The van der Waals surface area contributed by atoms with E-state index in [0.29, 0.717) is 12.0 Å². The third-order valence-corrected chi connectivity index (χ3v) is 1.94.